The first-order valence-electron chi connectivity index (χ1n) is 10.1. The second-order valence-corrected chi connectivity index (χ2v) is 8.50. The van der Waals surface area contributed by atoms with E-state index in [1.54, 1.807) is 18.2 Å². The van der Waals surface area contributed by atoms with Crippen LogP contribution in [0, 0.1) is 0 Å². The predicted octanol–water partition coefficient (Wildman–Crippen LogP) is 6.30. The first-order chi connectivity index (χ1) is 16.0. The molecule has 0 atom stereocenters. The van der Waals surface area contributed by atoms with Crippen molar-refractivity contribution in [3.63, 3.8) is 0 Å². The van der Waals surface area contributed by atoms with Crippen molar-refractivity contribution in [2.45, 2.75) is 13.5 Å². The zero-order valence-electron chi connectivity index (χ0n) is 17.8. The Hall–Kier alpha value is -2.74. The average molecular weight is 551 g/mol. The van der Waals surface area contributed by atoms with Gasteiger partial charge in [0.05, 0.1) is 23.8 Å². The van der Waals surface area contributed by atoms with Gasteiger partial charge >= 0.3 is 0 Å². The van der Waals surface area contributed by atoms with Crippen molar-refractivity contribution >= 4 is 56.9 Å². The molecule has 0 aromatic heterocycles. The molecule has 0 aliphatic carbocycles. The highest BCUT2D eigenvalue weighted by atomic mass is 79.9. The summed E-state index contributed by atoms with van der Waals surface area (Å²) in [4.78, 5) is 12.0. The Kier molecular flexibility index (Phi) is 9.42. The molecule has 33 heavy (non-hydrogen) atoms. The molecule has 0 saturated carbocycles. The van der Waals surface area contributed by atoms with Crippen LogP contribution in [-0.2, 0) is 11.4 Å². The molecule has 9 heteroatoms. The number of hydrogen-bond donors (Lipinski definition) is 2. The van der Waals surface area contributed by atoms with Crippen molar-refractivity contribution in [1.29, 1.82) is 0 Å². The van der Waals surface area contributed by atoms with Gasteiger partial charge in [0, 0.05) is 21.3 Å². The molecule has 172 valence electrons. The Labute approximate surface area is 211 Å². The van der Waals surface area contributed by atoms with Gasteiger partial charge in [0.25, 0.3) is 5.91 Å². The number of halogens is 3. The largest absolute Gasteiger partial charge is 0.490 e. The highest BCUT2D eigenvalue weighted by Gasteiger charge is 2.13. The summed E-state index contributed by atoms with van der Waals surface area (Å²) in [6.45, 7) is 2.68. The van der Waals surface area contributed by atoms with Gasteiger partial charge in [-0.05, 0) is 64.8 Å². The Morgan fingerprint density at radius 1 is 1.09 bits per heavy atom. The third-order valence-electron chi connectivity index (χ3n) is 4.35. The molecule has 0 radical (unpaired) electrons. The highest BCUT2D eigenvalue weighted by Crippen LogP contribution is 2.37. The van der Waals surface area contributed by atoms with E-state index in [1.165, 1.54) is 6.21 Å². The number of hydrogen-bond acceptors (Lipinski definition) is 5. The maximum absolute atomic E-state index is 12.0. The van der Waals surface area contributed by atoms with Crippen LogP contribution in [-0.4, -0.2) is 25.3 Å². The van der Waals surface area contributed by atoms with Crippen LogP contribution in [0.1, 0.15) is 18.1 Å². The number of hydrazone groups is 1. The van der Waals surface area contributed by atoms with Crippen LogP contribution in [0.5, 0.6) is 11.5 Å². The molecular weight excluding hydrogens is 529 g/mol. The van der Waals surface area contributed by atoms with Gasteiger partial charge in [-0.3, -0.25) is 4.79 Å². The van der Waals surface area contributed by atoms with Crippen molar-refractivity contribution in [2.24, 2.45) is 5.10 Å². The van der Waals surface area contributed by atoms with Crippen molar-refractivity contribution in [2.75, 3.05) is 18.5 Å². The normalized spacial score (nSPS) is 10.8. The zero-order valence-corrected chi connectivity index (χ0v) is 20.9. The standard InChI is InChI=1S/C24H22BrCl2N3O3/c1-2-32-22-11-16(13-29-30-23(31)14-28-19-6-4-3-5-7-19)10-20(25)24(22)33-15-17-8-9-18(26)12-21(17)27/h3-13,28H,2,14-15H2,1H3,(H,30,31)/b29-13-. The Morgan fingerprint density at radius 2 is 1.88 bits per heavy atom. The minimum atomic E-state index is -0.265. The fourth-order valence-corrected chi connectivity index (χ4v) is 3.85. The van der Waals surface area contributed by atoms with Crippen LogP contribution in [0.2, 0.25) is 10.0 Å². The molecule has 0 aliphatic heterocycles. The lowest BCUT2D eigenvalue weighted by atomic mass is 10.2. The summed E-state index contributed by atoms with van der Waals surface area (Å²) < 4.78 is 12.4. The molecule has 0 bridgehead atoms. The molecule has 6 nitrogen and oxygen atoms in total. The summed E-state index contributed by atoms with van der Waals surface area (Å²) >= 11 is 15.7. The lowest BCUT2D eigenvalue weighted by Crippen LogP contribution is -2.25. The first-order valence-corrected chi connectivity index (χ1v) is 11.6. The van der Waals surface area contributed by atoms with Gasteiger partial charge in [-0.15, -0.1) is 0 Å². The number of anilines is 1. The first kappa shape index (κ1) is 24.9. The van der Waals surface area contributed by atoms with Gasteiger partial charge in [0.15, 0.2) is 11.5 Å². The average Bonchev–Trinajstić information content (AvgIpc) is 2.79. The minimum Gasteiger partial charge on any atom is -0.490 e. The van der Waals surface area contributed by atoms with E-state index in [9.17, 15) is 4.79 Å². The number of amides is 1. The van der Waals surface area contributed by atoms with Crippen LogP contribution in [0.4, 0.5) is 5.69 Å². The van der Waals surface area contributed by atoms with Crippen molar-refractivity contribution in [3.8, 4) is 11.5 Å². The Bertz CT molecular complexity index is 1130. The highest BCUT2D eigenvalue weighted by molar-refractivity contribution is 9.10. The number of nitrogens with one attached hydrogen (secondary N) is 2. The number of carbonyl (C=O) groups is 1. The van der Waals surface area contributed by atoms with Crippen molar-refractivity contribution < 1.29 is 14.3 Å². The summed E-state index contributed by atoms with van der Waals surface area (Å²) in [7, 11) is 0. The molecule has 2 N–H and O–H groups in total. The predicted molar refractivity (Wildman–Crippen MR) is 137 cm³/mol. The third kappa shape index (κ3) is 7.67. The number of para-hydroxylation sites is 1. The van der Waals surface area contributed by atoms with Crippen molar-refractivity contribution in [3.05, 3.63) is 86.3 Å². The second kappa shape index (κ2) is 12.5. The monoisotopic (exact) mass is 549 g/mol. The summed E-state index contributed by atoms with van der Waals surface area (Å²) in [5.74, 6) is 0.811. The van der Waals surface area contributed by atoms with Gasteiger partial charge < -0.3 is 14.8 Å². The van der Waals surface area contributed by atoms with E-state index in [1.807, 2.05) is 49.4 Å². The molecule has 0 saturated heterocycles. The number of carbonyl (C=O) groups excluding carboxylic acids is 1. The Balaban J connectivity index is 1.63. The fourth-order valence-electron chi connectivity index (χ4n) is 2.81. The molecule has 0 spiro atoms. The van der Waals surface area contributed by atoms with Gasteiger partial charge in [-0.2, -0.15) is 5.10 Å². The molecule has 0 aliphatic rings. The van der Waals surface area contributed by atoms with E-state index >= 15 is 0 Å². The van der Waals surface area contributed by atoms with Gasteiger partial charge in [0.2, 0.25) is 0 Å². The molecule has 3 rings (SSSR count). The van der Waals surface area contributed by atoms with Crippen LogP contribution in [0.25, 0.3) is 0 Å². The van der Waals surface area contributed by atoms with E-state index in [-0.39, 0.29) is 19.1 Å². The molecule has 0 heterocycles. The van der Waals surface area contributed by atoms with Crippen LogP contribution >= 0.6 is 39.1 Å². The quantitative estimate of drug-likeness (QED) is 0.230. The second-order valence-electron chi connectivity index (χ2n) is 6.80. The van der Waals surface area contributed by atoms with E-state index in [0.717, 1.165) is 16.8 Å². The minimum absolute atomic E-state index is 0.106. The molecular formula is C24H22BrCl2N3O3. The number of ether oxygens (including phenoxy) is 2. The zero-order chi connectivity index (χ0) is 23.6. The maximum Gasteiger partial charge on any atom is 0.259 e. The smallest absolute Gasteiger partial charge is 0.259 e. The molecule has 3 aromatic carbocycles. The number of nitrogens with zero attached hydrogens (tertiary/aromatic N) is 1. The van der Waals surface area contributed by atoms with Gasteiger partial charge in [0.1, 0.15) is 6.61 Å². The number of benzene rings is 3. The fraction of sp³-hybridized carbons (Fsp3) is 0.167. The molecule has 1 amide bonds. The molecule has 0 fully saturated rings. The summed E-state index contributed by atoms with van der Waals surface area (Å²) in [6.07, 6.45) is 1.54. The summed E-state index contributed by atoms with van der Waals surface area (Å²) in [6, 6.07) is 18.3. The summed E-state index contributed by atoms with van der Waals surface area (Å²) in [5, 5.41) is 8.14. The van der Waals surface area contributed by atoms with Gasteiger partial charge in [-0.25, -0.2) is 5.43 Å². The van der Waals surface area contributed by atoms with Crippen LogP contribution < -0.4 is 20.2 Å². The number of rotatable bonds is 10. The third-order valence-corrected chi connectivity index (χ3v) is 5.52. The summed E-state index contributed by atoms with van der Waals surface area (Å²) in [5.41, 5.74) is 4.88. The molecule has 3 aromatic rings. The van der Waals surface area contributed by atoms with E-state index < -0.39 is 0 Å². The van der Waals surface area contributed by atoms with E-state index in [4.69, 9.17) is 32.7 Å². The maximum atomic E-state index is 12.0. The molecule has 0 unspecified atom stereocenters. The van der Waals surface area contributed by atoms with Crippen molar-refractivity contribution in [1.82, 2.24) is 5.43 Å². The Morgan fingerprint density at radius 3 is 2.61 bits per heavy atom. The van der Waals surface area contributed by atoms with E-state index in [2.05, 4.69) is 31.8 Å². The van der Waals surface area contributed by atoms with Crippen LogP contribution in [0.15, 0.2) is 70.2 Å². The topological polar surface area (TPSA) is 72.0 Å². The van der Waals surface area contributed by atoms with Gasteiger partial charge in [-0.1, -0.05) is 47.5 Å². The lowest BCUT2D eigenvalue weighted by Gasteiger charge is -2.15. The van der Waals surface area contributed by atoms with Crippen LogP contribution in [0.3, 0.4) is 0 Å². The lowest BCUT2D eigenvalue weighted by molar-refractivity contribution is -0.119. The van der Waals surface area contributed by atoms with E-state index in [0.29, 0.717) is 32.6 Å². The SMILES string of the molecule is CCOc1cc(/C=N\NC(=O)CNc2ccccc2)cc(Br)c1OCc1ccc(Cl)cc1Cl.